The van der Waals surface area contributed by atoms with Gasteiger partial charge in [-0.3, -0.25) is 4.79 Å². The lowest BCUT2D eigenvalue weighted by Crippen LogP contribution is -2.37. The normalized spacial score (nSPS) is 12.1. The number of amides is 2. The Bertz CT molecular complexity index is 772. The fourth-order valence-corrected chi connectivity index (χ4v) is 2.48. The van der Waals surface area contributed by atoms with E-state index in [0.29, 0.717) is 5.56 Å². The first kappa shape index (κ1) is 20.4. The van der Waals surface area contributed by atoms with Gasteiger partial charge < -0.3 is 15.4 Å². The van der Waals surface area contributed by atoms with Crippen molar-refractivity contribution < 1.29 is 18.7 Å². The van der Waals surface area contributed by atoms with Gasteiger partial charge in [0.15, 0.2) is 0 Å². The molecule has 27 heavy (non-hydrogen) atoms. The molecule has 5 nitrogen and oxygen atoms in total. The second-order valence-corrected chi connectivity index (χ2v) is 7.18. The quantitative estimate of drug-likeness (QED) is 0.802. The van der Waals surface area contributed by atoms with Crippen molar-refractivity contribution in [3.63, 3.8) is 0 Å². The summed E-state index contributed by atoms with van der Waals surface area (Å²) in [5, 5.41) is 5.42. The van der Waals surface area contributed by atoms with Gasteiger partial charge in [-0.25, -0.2) is 9.18 Å². The third-order valence-electron chi connectivity index (χ3n) is 3.72. The molecule has 0 radical (unpaired) electrons. The molecule has 1 atom stereocenters. The van der Waals surface area contributed by atoms with Crippen molar-refractivity contribution in [3.05, 3.63) is 71.5 Å². The monoisotopic (exact) mass is 372 g/mol. The first-order valence-corrected chi connectivity index (χ1v) is 8.79. The smallest absolute Gasteiger partial charge is 0.408 e. The summed E-state index contributed by atoms with van der Waals surface area (Å²) in [4.78, 5) is 24.5. The van der Waals surface area contributed by atoms with E-state index in [0.717, 1.165) is 5.56 Å². The number of rotatable bonds is 6. The number of halogens is 1. The van der Waals surface area contributed by atoms with Crippen molar-refractivity contribution in [2.75, 3.05) is 0 Å². The summed E-state index contributed by atoms with van der Waals surface area (Å²) in [6.07, 6.45) is -0.587. The predicted octanol–water partition coefficient (Wildman–Crippen LogP) is 4.10. The molecule has 144 valence electrons. The van der Waals surface area contributed by atoms with Crippen LogP contribution in [0.3, 0.4) is 0 Å². The molecule has 0 aliphatic rings. The molecule has 0 aliphatic carbocycles. The molecule has 0 bridgehead atoms. The highest BCUT2D eigenvalue weighted by Crippen LogP contribution is 2.18. The highest BCUT2D eigenvalue weighted by atomic mass is 19.1. The first-order valence-electron chi connectivity index (χ1n) is 8.79. The molecular weight excluding hydrogens is 347 g/mol. The highest BCUT2D eigenvalue weighted by Gasteiger charge is 2.22. The summed E-state index contributed by atoms with van der Waals surface area (Å²) in [6, 6.07) is 14.9. The molecule has 2 aromatic carbocycles. The standard InChI is InChI=1S/C21H25FN2O3/c1-21(2,3)27-20(26)24-18(15-9-5-4-6-10-15)13-19(25)23-14-16-11-7-8-12-17(16)22/h4-12,18H,13-14H2,1-3H3,(H,23,25)(H,24,26). The molecule has 2 aromatic rings. The number of hydrogen-bond acceptors (Lipinski definition) is 3. The van der Waals surface area contributed by atoms with Crippen LogP contribution in [0.1, 0.15) is 44.4 Å². The van der Waals surface area contributed by atoms with E-state index in [1.54, 1.807) is 39.0 Å². The van der Waals surface area contributed by atoms with Crippen LogP contribution in [-0.4, -0.2) is 17.6 Å². The third kappa shape index (κ3) is 7.09. The molecule has 1 unspecified atom stereocenters. The second-order valence-electron chi connectivity index (χ2n) is 7.18. The van der Waals surface area contributed by atoms with E-state index in [1.165, 1.54) is 6.07 Å². The Morgan fingerprint density at radius 2 is 1.67 bits per heavy atom. The summed E-state index contributed by atoms with van der Waals surface area (Å²) in [7, 11) is 0. The summed E-state index contributed by atoms with van der Waals surface area (Å²) >= 11 is 0. The number of benzene rings is 2. The summed E-state index contributed by atoms with van der Waals surface area (Å²) in [6.45, 7) is 5.39. The van der Waals surface area contributed by atoms with Crippen LogP contribution in [-0.2, 0) is 16.1 Å². The van der Waals surface area contributed by atoms with Gasteiger partial charge in [0.25, 0.3) is 0 Å². The molecule has 0 aliphatic heterocycles. The van der Waals surface area contributed by atoms with E-state index in [1.807, 2.05) is 30.3 Å². The van der Waals surface area contributed by atoms with E-state index in [4.69, 9.17) is 4.74 Å². The van der Waals surface area contributed by atoms with Crippen molar-refractivity contribution in [2.45, 2.75) is 45.4 Å². The number of carbonyl (C=O) groups is 2. The van der Waals surface area contributed by atoms with Gasteiger partial charge in [0.05, 0.1) is 12.5 Å². The zero-order valence-electron chi connectivity index (χ0n) is 15.8. The molecule has 0 heterocycles. The molecule has 2 N–H and O–H groups in total. The number of alkyl carbamates (subject to hydrolysis) is 1. The minimum Gasteiger partial charge on any atom is -0.444 e. The number of ether oxygens (including phenoxy) is 1. The Hall–Kier alpha value is -2.89. The van der Waals surface area contributed by atoms with Crippen molar-refractivity contribution >= 4 is 12.0 Å². The van der Waals surface area contributed by atoms with Crippen molar-refractivity contribution in [3.8, 4) is 0 Å². The van der Waals surface area contributed by atoms with Crippen LogP contribution in [0.2, 0.25) is 0 Å². The predicted molar refractivity (Wildman–Crippen MR) is 101 cm³/mol. The van der Waals surface area contributed by atoms with Crippen LogP contribution in [0.25, 0.3) is 0 Å². The molecule has 0 saturated heterocycles. The number of carbonyl (C=O) groups excluding carboxylic acids is 2. The van der Waals surface area contributed by atoms with Gasteiger partial charge >= 0.3 is 6.09 Å². The molecule has 2 rings (SSSR count). The van der Waals surface area contributed by atoms with E-state index in [2.05, 4.69) is 10.6 Å². The summed E-state index contributed by atoms with van der Waals surface area (Å²) in [5.41, 5.74) is 0.546. The summed E-state index contributed by atoms with van der Waals surface area (Å²) < 4.78 is 19.0. The average molecular weight is 372 g/mol. The third-order valence-corrected chi connectivity index (χ3v) is 3.72. The molecule has 0 fully saturated rings. The van der Waals surface area contributed by atoms with Gasteiger partial charge in [0.2, 0.25) is 5.91 Å². The van der Waals surface area contributed by atoms with Gasteiger partial charge in [0, 0.05) is 12.1 Å². The van der Waals surface area contributed by atoms with Crippen molar-refractivity contribution in [2.24, 2.45) is 0 Å². The average Bonchev–Trinajstić information content (AvgIpc) is 2.59. The van der Waals surface area contributed by atoms with Crippen LogP contribution in [0.4, 0.5) is 9.18 Å². The SMILES string of the molecule is CC(C)(C)OC(=O)NC(CC(=O)NCc1ccccc1F)c1ccccc1. The fourth-order valence-electron chi connectivity index (χ4n) is 2.48. The zero-order chi connectivity index (χ0) is 19.9. The zero-order valence-corrected chi connectivity index (χ0v) is 15.8. The van der Waals surface area contributed by atoms with E-state index in [-0.39, 0.29) is 24.7 Å². The molecule has 6 heteroatoms. The van der Waals surface area contributed by atoms with Crippen molar-refractivity contribution in [1.29, 1.82) is 0 Å². The maximum Gasteiger partial charge on any atom is 0.408 e. The lowest BCUT2D eigenvalue weighted by atomic mass is 10.0. The van der Waals surface area contributed by atoms with Crippen LogP contribution >= 0.6 is 0 Å². The maximum absolute atomic E-state index is 13.7. The summed E-state index contributed by atoms with van der Waals surface area (Å²) in [5.74, 6) is -0.674. The van der Waals surface area contributed by atoms with Crippen LogP contribution in [0.5, 0.6) is 0 Å². The topological polar surface area (TPSA) is 67.4 Å². The van der Waals surface area contributed by atoms with Crippen LogP contribution < -0.4 is 10.6 Å². The highest BCUT2D eigenvalue weighted by molar-refractivity contribution is 5.78. The molecule has 0 saturated carbocycles. The van der Waals surface area contributed by atoms with E-state index < -0.39 is 17.7 Å². The van der Waals surface area contributed by atoms with Crippen LogP contribution in [0, 0.1) is 5.82 Å². The van der Waals surface area contributed by atoms with Crippen LogP contribution in [0.15, 0.2) is 54.6 Å². The minimum absolute atomic E-state index is 0.0116. The van der Waals surface area contributed by atoms with Crippen molar-refractivity contribution in [1.82, 2.24) is 10.6 Å². The number of hydrogen-bond donors (Lipinski definition) is 2. The van der Waals surface area contributed by atoms with Gasteiger partial charge in [0.1, 0.15) is 11.4 Å². The largest absolute Gasteiger partial charge is 0.444 e. The van der Waals surface area contributed by atoms with Gasteiger partial charge in [-0.2, -0.15) is 0 Å². The van der Waals surface area contributed by atoms with Gasteiger partial charge in [-0.05, 0) is 32.4 Å². The Morgan fingerprint density at radius 3 is 2.30 bits per heavy atom. The minimum atomic E-state index is -0.640. The Morgan fingerprint density at radius 1 is 1.04 bits per heavy atom. The Kier molecular flexibility index (Phi) is 6.93. The maximum atomic E-state index is 13.7. The molecule has 0 spiro atoms. The van der Waals surface area contributed by atoms with Gasteiger partial charge in [-0.15, -0.1) is 0 Å². The molecule has 2 amide bonds. The lowest BCUT2D eigenvalue weighted by molar-refractivity contribution is -0.121. The first-order chi connectivity index (χ1) is 12.7. The van der Waals surface area contributed by atoms with E-state index in [9.17, 15) is 14.0 Å². The Balaban J connectivity index is 2.02. The molecular formula is C21H25FN2O3. The lowest BCUT2D eigenvalue weighted by Gasteiger charge is -2.23. The fraction of sp³-hybridized carbons (Fsp3) is 0.333. The van der Waals surface area contributed by atoms with Gasteiger partial charge in [-0.1, -0.05) is 48.5 Å². The van der Waals surface area contributed by atoms with E-state index >= 15 is 0 Å². The second kappa shape index (κ2) is 9.16. The number of nitrogens with one attached hydrogen (secondary N) is 2. The Labute approximate surface area is 158 Å². The molecule has 0 aromatic heterocycles.